The van der Waals surface area contributed by atoms with Crippen LogP contribution in [0, 0.1) is 17.2 Å². The van der Waals surface area contributed by atoms with Crippen LogP contribution in [0.5, 0.6) is 0 Å². The van der Waals surface area contributed by atoms with Gasteiger partial charge in [-0.3, -0.25) is 0 Å². The minimum absolute atomic E-state index is 0.0116. The summed E-state index contributed by atoms with van der Waals surface area (Å²) in [7, 11) is -3.75. The summed E-state index contributed by atoms with van der Waals surface area (Å²) in [4.78, 5) is -0.0116. The molecule has 0 saturated heterocycles. The lowest BCUT2D eigenvalue weighted by Gasteiger charge is -2.29. The molecular formula is C15H20ClN3O2S. The van der Waals surface area contributed by atoms with Crippen LogP contribution in [-0.2, 0) is 10.0 Å². The van der Waals surface area contributed by atoms with Gasteiger partial charge in [0.05, 0.1) is 16.7 Å². The molecule has 22 heavy (non-hydrogen) atoms. The van der Waals surface area contributed by atoms with Crippen LogP contribution in [-0.4, -0.2) is 21.0 Å². The Balaban J connectivity index is 2.20. The third kappa shape index (κ3) is 3.99. The highest BCUT2D eigenvalue weighted by Crippen LogP contribution is 2.28. The van der Waals surface area contributed by atoms with Gasteiger partial charge in [-0.15, -0.1) is 0 Å². The number of nitrogens with zero attached hydrogens (tertiary/aromatic N) is 1. The average molecular weight is 342 g/mol. The fourth-order valence-electron chi connectivity index (χ4n) is 2.92. The summed E-state index contributed by atoms with van der Waals surface area (Å²) >= 11 is 6.00. The molecule has 1 aliphatic rings. The van der Waals surface area contributed by atoms with Gasteiger partial charge in [0.15, 0.2) is 0 Å². The minimum Gasteiger partial charge on any atom is -0.329 e. The van der Waals surface area contributed by atoms with Crippen LogP contribution >= 0.6 is 11.6 Å². The lowest BCUT2D eigenvalue weighted by atomic mass is 9.84. The Bertz CT molecular complexity index is 664. The molecule has 120 valence electrons. The Morgan fingerprint density at radius 2 is 2.05 bits per heavy atom. The first-order valence-corrected chi connectivity index (χ1v) is 9.26. The van der Waals surface area contributed by atoms with E-state index < -0.39 is 10.0 Å². The van der Waals surface area contributed by atoms with Crippen LogP contribution in [0.2, 0.25) is 5.02 Å². The van der Waals surface area contributed by atoms with E-state index in [9.17, 15) is 8.42 Å². The quantitative estimate of drug-likeness (QED) is 0.859. The zero-order valence-corrected chi connectivity index (χ0v) is 13.8. The first-order valence-electron chi connectivity index (χ1n) is 7.40. The van der Waals surface area contributed by atoms with Crippen molar-refractivity contribution in [3.05, 3.63) is 28.8 Å². The number of nitrogens with one attached hydrogen (secondary N) is 1. The van der Waals surface area contributed by atoms with Gasteiger partial charge in [0.1, 0.15) is 4.90 Å². The molecule has 1 aromatic rings. The molecule has 2 rings (SSSR count). The van der Waals surface area contributed by atoms with E-state index in [2.05, 4.69) is 4.72 Å². The summed E-state index contributed by atoms with van der Waals surface area (Å²) in [5.74, 6) is 0.269. The highest BCUT2D eigenvalue weighted by Gasteiger charge is 2.28. The number of sulfonamides is 1. The number of hydrogen-bond acceptors (Lipinski definition) is 4. The largest absolute Gasteiger partial charge is 0.329 e. The predicted molar refractivity (Wildman–Crippen MR) is 85.9 cm³/mol. The highest BCUT2D eigenvalue weighted by molar-refractivity contribution is 7.89. The van der Waals surface area contributed by atoms with E-state index in [0.717, 1.165) is 25.7 Å². The molecule has 0 heterocycles. The van der Waals surface area contributed by atoms with Crippen LogP contribution in [0.3, 0.4) is 0 Å². The molecule has 0 aromatic heterocycles. The van der Waals surface area contributed by atoms with Crippen molar-refractivity contribution < 1.29 is 8.42 Å². The summed E-state index contributed by atoms with van der Waals surface area (Å²) in [6.07, 6.45) is 5.40. The number of nitrogens with two attached hydrogens (primary N) is 1. The fraction of sp³-hybridized carbons (Fsp3) is 0.533. The third-order valence-corrected chi connectivity index (χ3v) is 6.10. The number of hydrogen-bond donors (Lipinski definition) is 2. The van der Waals surface area contributed by atoms with Crippen molar-refractivity contribution in [3.8, 4) is 6.07 Å². The summed E-state index contributed by atoms with van der Waals surface area (Å²) in [6, 6.07) is 5.81. The Morgan fingerprint density at radius 3 is 2.59 bits per heavy atom. The second-order valence-corrected chi connectivity index (χ2v) is 7.71. The van der Waals surface area contributed by atoms with Gasteiger partial charge < -0.3 is 5.73 Å². The molecule has 7 heteroatoms. The molecule has 1 aromatic carbocycles. The molecular weight excluding hydrogens is 322 g/mol. The minimum atomic E-state index is -3.75. The smallest absolute Gasteiger partial charge is 0.242 e. The standard InChI is InChI=1S/C15H20ClN3O2S/c16-13-8-11(9-17)6-7-15(13)22(20,21)19-14(10-18)12-4-2-1-3-5-12/h6-8,12,14,19H,1-5,10,18H2. The SMILES string of the molecule is N#Cc1ccc(S(=O)(=O)NC(CN)C2CCCCC2)c(Cl)c1. The van der Waals surface area contributed by atoms with Gasteiger partial charge in [0.25, 0.3) is 0 Å². The predicted octanol–water partition coefficient (Wildman–Crippen LogP) is 2.40. The topological polar surface area (TPSA) is 96.0 Å². The third-order valence-electron chi connectivity index (χ3n) is 4.13. The lowest BCUT2D eigenvalue weighted by molar-refractivity contribution is 0.294. The molecule has 0 spiro atoms. The molecule has 1 fully saturated rings. The second kappa shape index (κ2) is 7.42. The Labute approximate surface area is 136 Å². The number of rotatable bonds is 5. The van der Waals surface area contributed by atoms with Gasteiger partial charge in [0, 0.05) is 12.6 Å². The van der Waals surface area contributed by atoms with E-state index in [1.165, 1.54) is 24.6 Å². The van der Waals surface area contributed by atoms with Crippen molar-refractivity contribution in [1.29, 1.82) is 5.26 Å². The fourth-order valence-corrected chi connectivity index (χ4v) is 4.79. The first-order chi connectivity index (χ1) is 10.5. The molecule has 0 radical (unpaired) electrons. The van der Waals surface area contributed by atoms with Crippen LogP contribution < -0.4 is 10.5 Å². The zero-order chi connectivity index (χ0) is 16.2. The molecule has 1 aliphatic carbocycles. The summed E-state index contributed by atoms with van der Waals surface area (Å²) in [5.41, 5.74) is 6.10. The Kier molecular flexibility index (Phi) is 5.81. The molecule has 1 atom stereocenters. The molecule has 5 nitrogen and oxygen atoms in total. The number of nitriles is 1. The van der Waals surface area contributed by atoms with E-state index in [0.29, 0.717) is 5.56 Å². The number of halogens is 1. The Morgan fingerprint density at radius 1 is 1.36 bits per heavy atom. The molecule has 0 amide bonds. The number of benzene rings is 1. The van der Waals surface area contributed by atoms with E-state index in [1.54, 1.807) is 0 Å². The summed E-state index contributed by atoms with van der Waals surface area (Å²) in [6.45, 7) is 0.262. The van der Waals surface area contributed by atoms with Crippen molar-refractivity contribution in [2.75, 3.05) is 6.54 Å². The molecule has 0 aliphatic heterocycles. The van der Waals surface area contributed by atoms with Crippen LogP contribution in [0.1, 0.15) is 37.7 Å². The highest BCUT2D eigenvalue weighted by atomic mass is 35.5. The van der Waals surface area contributed by atoms with Gasteiger partial charge >= 0.3 is 0 Å². The van der Waals surface area contributed by atoms with Gasteiger partial charge in [0.2, 0.25) is 10.0 Å². The molecule has 1 saturated carbocycles. The maximum atomic E-state index is 12.5. The maximum Gasteiger partial charge on any atom is 0.242 e. The van der Waals surface area contributed by atoms with Crippen molar-refractivity contribution in [2.45, 2.75) is 43.0 Å². The lowest BCUT2D eigenvalue weighted by Crippen LogP contribution is -2.45. The van der Waals surface area contributed by atoms with Gasteiger partial charge in [-0.1, -0.05) is 30.9 Å². The summed E-state index contributed by atoms with van der Waals surface area (Å²) < 4.78 is 27.7. The van der Waals surface area contributed by atoms with Crippen LogP contribution in [0.15, 0.2) is 23.1 Å². The van der Waals surface area contributed by atoms with Gasteiger partial charge in [-0.25, -0.2) is 13.1 Å². The van der Waals surface area contributed by atoms with E-state index in [1.807, 2.05) is 6.07 Å². The van der Waals surface area contributed by atoms with E-state index >= 15 is 0 Å². The monoisotopic (exact) mass is 341 g/mol. The molecule has 0 bridgehead atoms. The van der Waals surface area contributed by atoms with E-state index in [-0.39, 0.29) is 28.4 Å². The van der Waals surface area contributed by atoms with Crippen molar-refractivity contribution in [2.24, 2.45) is 11.7 Å². The van der Waals surface area contributed by atoms with E-state index in [4.69, 9.17) is 22.6 Å². The zero-order valence-electron chi connectivity index (χ0n) is 12.3. The van der Waals surface area contributed by atoms with Crippen molar-refractivity contribution in [1.82, 2.24) is 4.72 Å². The second-order valence-electron chi connectivity index (χ2n) is 5.62. The summed E-state index contributed by atoms with van der Waals surface area (Å²) in [5, 5.41) is 8.87. The maximum absolute atomic E-state index is 12.5. The van der Waals surface area contributed by atoms with Gasteiger partial charge in [-0.05, 0) is 37.0 Å². The molecule has 3 N–H and O–H groups in total. The van der Waals surface area contributed by atoms with Crippen molar-refractivity contribution in [3.63, 3.8) is 0 Å². The Hall–Kier alpha value is -1.13. The van der Waals surface area contributed by atoms with Gasteiger partial charge in [-0.2, -0.15) is 5.26 Å². The molecule has 1 unspecified atom stereocenters. The van der Waals surface area contributed by atoms with Crippen molar-refractivity contribution >= 4 is 21.6 Å². The normalized spacial score (nSPS) is 17.9. The average Bonchev–Trinajstić information content (AvgIpc) is 2.53. The first kappa shape index (κ1) is 17.2. The van der Waals surface area contributed by atoms with Crippen LogP contribution in [0.4, 0.5) is 0 Å². The van der Waals surface area contributed by atoms with Crippen LogP contribution in [0.25, 0.3) is 0 Å².